The summed E-state index contributed by atoms with van der Waals surface area (Å²) in [5.41, 5.74) is 10.6. The van der Waals surface area contributed by atoms with Gasteiger partial charge in [-0.25, -0.2) is 31.3 Å². The van der Waals surface area contributed by atoms with Crippen LogP contribution >= 0.6 is 0 Å². The van der Waals surface area contributed by atoms with E-state index in [4.69, 9.17) is 23.2 Å². The van der Waals surface area contributed by atoms with Gasteiger partial charge in [0.05, 0.1) is 16.9 Å². The van der Waals surface area contributed by atoms with Crippen molar-refractivity contribution in [2.45, 2.75) is 0 Å². The van der Waals surface area contributed by atoms with E-state index >= 15 is 0 Å². The number of aromatic nitrogens is 1. The summed E-state index contributed by atoms with van der Waals surface area (Å²) in [4.78, 5) is 22.4. The number of fused-ring (bicyclic) bond motifs is 1. The van der Waals surface area contributed by atoms with E-state index in [0.29, 0.717) is 20.9 Å². The van der Waals surface area contributed by atoms with Crippen molar-refractivity contribution >= 4 is 34.3 Å². The van der Waals surface area contributed by atoms with Gasteiger partial charge in [-0.1, -0.05) is 0 Å². The number of hydrazine groups is 2. The number of nitrogens with two attached hydrogens (primary N) is 4. The van der Waals surface area contributed by atoms with Crippen LogP contribution in [0.1, 0.15) is 0 Å². The summed E-state index contributed by atoms with van der Waals surface area (Å²) in [6.45, 7) is 0. The SMILES string of the molecule is NC(=O)N(N)c1cc2ccn(O)c2cc1N(N)C(N)=O. The van der Waals surface area contributed by atoms with E-state index in [1.165, 1.54) is 18.3 Å². The van der Waals surface area contributed by atoms with Crippen LogP contribution in [0, 0.1) is 0 Å². The van der Waals surface area contributed by atoms with Gasteiger partial charge in [0.25, 0.3) is 0 Å². The molecule has 0 aliphatic rings. The second kappa shape index (κ2) is 4.60. The Bertz CT molecular complexity index is 695. The molecule has 4 amide bonds. The van der Waals surface area contributed by atoms with Crippen LogP contribution in [0.5, 0.6) is 0 Å². The third-order valence-corrected chi connectivity index (χ3v) is 2.76. The number of primary amides is 2. The Labute approximate surface area is 112 Å². The number of nitrogens with zero attached hydrogens (tertiary/aromatic N) is 3. The van der Waals surface area contributed by atoms with Crippen LogP contribution in [0.15, 0.2) is 24.4 Å². The zero-order valence-electron chi connectivity index (χ0n) is 10.2. The fourth-order valence-corrected chi connectivity index (χ4v) is 1.77. The molecule has 1 aromatic carbocycles. The third kappa shape index (κ3) is 2.04. The number of amides is 4. The van der Waals surface area contributed by atoms with Gasteiger partial charge in [-0.05, 0) is 18.2 Å². The number of anilines is 2. The largest absolute Gasteiger partial charge is 0.428 e. The highest BCUT2D eigenvalue weighted by Gasteiger charge is 2.20. The summed E-state index contributed by atoms with van der Waals surface area (Å²) in [5, 5.41) is 11.4. The monoisotopic (exact) mass is 279 g/mol. The number of urea groups is 2. The van der Waals surface area contributed by atoms with Gasteiger partial charge < -0.3 is 16.7 Å². The standard InChI is InChI=1S/C10H13N7O3/c11-9(18)16(13)7-3-5-1-2-15(20)6(5)4-8(7)17(14)10(12)19/h1-4,20H,13-14H2,(H2,11,18)(H2,12,19). The van der Waals surface area contributed by atoms with Gasteiger partial charge in [-0.3, -0.25) is 0 Å². The Morgan fingerprint density at radius 3 is 2.05 bits per heavy atom. The minimum atomic E-state index is -0.973. The summed E-state index contributed by atoms with van der Waals surface area (Å²) in [6.07, 6.45) is 1.37. The lowest BCUT2D eigenvalue weighted by atomic mass is 10.2. The summed E-state index contributed by atoms with van der Waals surface area (Å²) >= 11 is 0. The summed E-state index contributed by atoms with van der Waals surface area (Å²) in [7, 11) is 0. The fourth-order valence-electron chi connectivity index (χ4n) is 1.77. The smallest absolute Gasteiger partial charge is 0.333 e. The molecular weight excluding hydrogens is 266 g/mol. The van der Waals surface area contributed by atoms with Crippen LogP contribution in [0.2, 0.25) is 0 Å². The highest BCUT2D eigenvalue weighted by molar-refractivity contribution is 6.03. The van der Waals surface area contributed by atoms with Crippen molar-refractivity contribution in [3.8, 4) is 0 Å². The van der Waals surface area contributed by atoms with Crippen molar-refractivity contribution in [3.05, 3.63) is 24.4 Å². The average Bonchev–Trinajstić information content (AvgIpc) is 2.76. The third-order valence-electron chi connectivity index (χ3n) is 2.76. The molecule has 0 atom stereocenters. The molecule has 0 radical (unpaired) electrons. The van der Waals surface area contributed by atoms with Crippen molar-refractivity contribution < 1.29 is 14.8 Å². The van der Waals surface area contributed by atoms with E-state index in [-0.39, 0.29) is 11.4 Å². The van der Waals surface area contributed by atoms with Crippen LogP contribution in [-0.4, -0.2) is 22.0 Å². The van der Waals surface area contributed by atoms with Crippen LogP contribution in [-0.2, 0) is 0 Å². The molecule has 106 valence electrons. The highest BCUT2D eigenvalue weighted by Crippen LogP contribution is 2.32. The molecule has 1 heterocycles. The molecule has 10 heteroatoms. The van der Waals surface area contributed by atoms with Gasteiger partial charge in [-0.15, -0.1) is 0 Å². The number of carbonyl (C=O) groups excluding carboxylic acids is 2. The lowest BCUT2D eigenvalue weighted by Gasteiger charge is -2.22. The molecular formula is C10H13N7O3. The summed E-state index contributed by atoms with van der Waals surface area (Å²) < 4.78 is 0.822. The van der Waals surface area contributed by atoms with Crippen molar-refractivity contribution in [1.82, 2.24) is 4.73 Å². The zero-order chi connectivity index (χ0) is 15.0. The van der Waals surface area contributed by atoms with Crippen molar-refractivity contribution in [1.29, 1.82) is 0 Å². The lowest BCUT2D eigenvalue weighted by molar-refractivity contribution is 0.200. The first-order valence-electron chi connectivity index (χ1n) is 5.35. The maximum absolute atomic E-state index is 11.2. The first-order chi connectivity index (χ1) is 9.32. The number of carbonyl (C=O) groups is 2. The number of hydrogen-bond donors (Lipinski definition) is 5. The molecule has 2 aromatic rings. The molecule has 20 heavy (non-hydrogen) atoms. The maximum atomic E-state index is 11.2. The first-order valence-corrected chi connectivity index (χ1v) is 5.35. The fraction of sp³-hybridized carbons (Fsp3) is 0. The quantitative estimate of drug-likeness (QED) is 0.213. The predicted octanol–water partition coefficient (Wildman–Crippen LogP) is -0.604. The molecule has 2 rings (SSSR count). The molecule has 10 nitrogen and oxygen atoms in total. The van der Waals surface area contributed by atoms with E-state index in [2.05, 4.69) is 0 Å². The molecule has 0 aliphatic heterocycles. The van der Waals surface area contributed by atoms with E-state index in [0.717, 1.165) is 4.73 Å². The average molecular weight is 279 g/mol. The van der Waals surface area contributed by atoms with Gasteiger partial charge in [0.15, 0.2) is 0 Å². The molecule has 0 spiro atoms. The molecule has 0 unspecified atom stereocenters. The zero-order valence-corrected chi connectivity index (χ0v) is 10.2. The lowest BCUT2D eigenvalue weighted by Crippen LogP contribution is -2.46. The Balaban J connectivity index is 2.72. The van der Waals surface area contributed by atoms with Gasteiger partial charge in [0.1, 0.15) is 0 Å². The van der Waals surface area contributed by atoms with Gasteiger partial charge in [-0.2, -0.15) is 4.73 Å². The molecule has 0 bridgehead atoms. The van der Waals surface area contributed by atoms with Crippen LogP contribution < -0.4 is 33.2 Å². The first kappa shape index (κ1) is 13.5. The molecule has 0 saturated carbocycles. The summed E-state index contributed by atoms with van der Waals surface area (Å²) in [5.74, 6) is 11.0. The molecule has 1 aromatic heterocycles. The Kier molecular flexibility index (Phi) is 3.10. The van der Waals surface area contributed by atoms with E-state index in [9.17, 15) is 14.8 Å². The molecule has 0 saturated heterocycles. The van der Waals surface area contributed by atoms with Crippen molar-refractivity contribution in [3.63, 3.8) is 0 Å². The van der Waals surface area contributed by atoms with Crippen molar-refractivity contribution in [2.24, 2.45) is 23.2 Å². The highest BCUT2D eigenvalue weighted by atomic mass is 16.5. The Hall–Kier alpha value is -2.98. The number of rotatable bonds is 2. The van der Waals surface area contributed by atoms with Gasteiger partial charge in [0, 0.05) is 11.6 Å². The minimum absolute atomic E-state index is 0.0142. The second-order valence-electron chi connectivity index (χ2n) is 3.98. The molecule has 9 N–H and O–H groups in total. The van der Waals surface area contributed by atoms with Crippen LogP contribution in [0.25, 0.3) is 10.9 Å². The Morgan fingerprint density at radius 2 is 1.55 bits per heavy atom. The Morgan fingerprint density at radius 1 is 1.05 bits per heavy atom. The van der Waals surface area contributed by atoms with E-state index in [1.54, 1.807) is 6.07 Å². The van der Waals surface area contributed by atoms with Crippen LogP contribution in [0.3, 0.4) is 0 Å². The van der Waals surface area contributed by atoms with E-state index in [1.807, 2.05) is 0 Å². The summed E-state index contributed by atoms with van der Waals surface area (Å²) in [6, 6.07) is 2.43. The minimum Gasteiger partial charge on any atom is -0.428 e. The van der Waals surface area contributed by atoms with Crippen LogP contribution in [0.4, 0.5) is 21.0 Å². The van der Waals surface area contributed by atoms with Gasteiger partial charge >= 0.3 is 12.1 Å². The molecule has 0 aliphatic carbocycles. The predicted molar refractivity (Wildman–Crippen MR) is 71.6 cm³/mol. The van der Waals surface area contributed by atoms with Gasteiger partial charge in [0.2, 0.25) is 0 Å². The second-order valence-corrected chi connectivity index (χ2v) is 3.98. The maximum Gasteiger partial charge on any atom is 0.333 e. The number of hydrogen-bond acceptors (Lipinski definition) is 5. The van der Waals surface area contributed by atoms with E-state index < -0.39 is 12.1 Å². The normalized spacial score (nSPS) is 10.5. The van der Waals surface area contributed by atoms with Crippen molar-refractivity contribution in [2.75, 3.05) is 10.0 Å². The molecule has 0 fully saturated rings. The number of benzene rings is 1. The topological polar surface area (TPSA) is 170 Å².